The predicted molar refractivity (Wildman–Crippen MR) is 108 cm³/mol. The topological polar surface area (TPSA) is 67.1 Å². The van der Waals surface area contributed by atoms with Crippen LogP contribution in [0.5, 0.6) is 5.75 Å². The summed E-state index contributed by atoms with van der Waals surface area (Å²) in [5.41, 5.74) is -0.139. The van der Waals surface area contributed by atoms with Crippen molar-refractivity contribution in [2.45, 2.75) is 19.7 Å². The Kier molecular flexibility index (Phi) is 6.63. The molecule has 1 fully saturated rings. The molecule has 1 aromatic carbocycles. The van der Waals surface area contributed by atoms with Crippen molar-refractivity contribution >= 4 is 33.9 Å². The van der Waals surface area contributed by atoms with E-state index >= 15 is 0 Å². The van der Waals surface area contributed by atoms with Gasteiger partial charge >= 0.3 is 170 Å². The van der Waals surface area contributed by atoms with Crippen LogP contribution in [0.2, 0.25) is 5.02 Å². The molecule has 6 nitrogen and oxygen atoms in total. The minimum atomic E-state index is -3.02. The molecule has 2 atom stereocenters. The molecule has 2 unspecified atom stereocenters. The van der Waals surface area contributed by atoms with E-state index in [4.69, 9.17) is 34.5 Å². The summed E-state index contributed by atoms with van der Waals surface area (Å²) in [7, 11) is -0.439. The first-order valence-corrected chi connectivity index (χ1v) is 12.6. The average molecular weight is 451 g/mol. The quantitative estimate of drug-likeness (QED) is 0.448. The number of halogens is 2. The van der Waals surface area contributed by atoms with Gasteiger partial charge in [0.15, 0.2) is 0 Å². The normalized spacial score (nSPS) is 20.2. The number of hydrogen-bond acceptors (Lipinski definition) is 6. The van der Waals surface area contributed by atoms with Gasteiger partial charge in [0.1, 0.15) is 0 Å². The second-order valence-corrected chi connectivity index (χ2v) is 12.6. The van der Waals surface area contributed by atoms with Gasteiger partial charge in [-0.3, -0.25) is 0 Å². The standard InChI is InChI=1S/C18H22ClFO6P2/c1-18(2)10-24-28(27,25-11-18)17(15-4-3-7-22-15)26-16(21)9-23-14-6-5-12(19)8-13(14)20/h3-8,17,28H,9-11,27H2,1-2H3. The molecule has 0 aliphatic carbocycles. The van der Waals surface area contributed by atoms with Crippen LogP contribution >= 0.6 is 27.9 Å². The van der Waals surface area contributed by atoms with Gasteiger partial charge in [-0.05, 0) is 0 Å². The third kappa shape index (κ3) is 5.22. The van der Waals surface area contributed by atoms with Gasteiger partial charge in [-0.15, -0.1) is 0 Å². The Morgan fingerprint density at radius 1 is 1.36 bits per heavy atom. The Bertz CT molecular complexity index is 819. The molecule has 2 heterocycles. The molecular weight excluding hydrogens is 429 g/mol. The van der Waals surface area contributed by atoms with Crippen molar-refractivity contribution < 1.29 is 32.1 Å². The van der Waals surface area contributed by atoms with Gasteiger partial charge in [-0.25, -0.2) is 0 Å². The van der Waals surface area contributed by atoms with Crippen molar-refractivity contribution in [3.05, 3.63) is 53.2 Å². The van der Waals surface area contributed by atoms with Gasteiger partial charge in [0, 0.05) is 0 Å². The Labute approximate surface area is 170 Å². The molecule has 2 aromatic rings. The molecule has 154 valence electrons. The molecule has 0 bridgehead atoms. The van der Waals surface area contributed by atoms with Crippen LogP contribution in [0.3, 0.4) is 0 Å². The molecular formula is C18H22ClFO6P2. The fourth-order valence-corrected chi connectivity index (χ4v) is 6.36. The van der Waals surface area contributed by atoms with Crippen molar-refractivity contribution in [2.24, 2.45) is 5.41 Å². The van der Waals surface area contributed by atoms with Crippen molar-refractivity contribution in [1.29, 1.82) is 0 Å². The summed E-state index contributed by atoms with van der Waals surface area (Å²) in [5.74, 6) is -1.91. The molecule has 3 rings (SSSR count). The van der Waals surface area contributed by atoms with Gasteiger partial charge in [0.05, 0.1) is 0 Å². The third-order valence-corrected chi connectivity index (χ3v) is 8.50. The van der Waals surface area contributed by atoms with Crippen LogP contribution < -0.4 is 4.74 Å². The van der Waals surface area contributed by atoms with E-state index in [9.17, 15) is 9.18 Å². The van der Waals surface area contributed by atoms with Crippen LogP contribution in [0.1, 0.15) is 25.5 Å². The van der Waals surface area contributed by atoms with Gasteiger partial charge in [0.25, 0.3) is 0 Å². The fraction of sp³-hybridized carbons (Fsp3) is 0.389. The molecule has 28 heavy (non-hydrogen) atoms. The van der Waals surface area contributed by atoms with Gasteiger partial charge in [0.2, 0.25) is 0 Å². The van der Waals surface area contributed by atoms with E-state index in [1.54, 1.807) is 12.1 Å². The number of esters is 1. The van der Waals surface area contributed by atoms with E-state index < -0.39 is 31.6 Å². The van der Waals surface area contributed by atoms with Gasteiger partial charge in [-0.2, -0.15) is 0 Å². The average Bonchev–Trinajstić information content (AvgIpc) is 3.16. The van der Waals surface area contributed by atoms with Crippen molar-refractivity contribution in [1.82, 2.24) is 0 Å². The SMILES string of the molecule is CC1(C)CO[PH](P)(C(OC(=O)COc2ccc(Cl)cc2F)c2ccco2)OC1. The summed E-state index contributed by atoms with van der Waals surface area (Å²) in [6.07, 6.45) is 1.48. The zero-order valence-corrected chi connectivity index (χ0v) is 18.4. The van der Waals surface area contributed by atoms with E-state index in [0.29, 0.717) is 19.0 Å². The van der Waals surface area contributed by atoms with Crippen molar-refractivity contribution in [3.8, 4) is 5.75 Å². The summed E-state index contributed by atoms with van der Waals surface area (Å²) in [6.45, 7) is 4.48. The molecule has 0 N–H and O–H groups in total. The second-order valence-electron chi connectivity index (χ2n) is 7.21. The molecule has 0 spiro atoms. The Hall–Kier alpha value is -1.23. The van der Waals surface area contributed by atoms with E-state index in [2.05, 4.69) is 8.93 Å². The number of ether oxygens (including phenoxy) is 2. The zero-order chi connectivity index (χ0) is 20.4. The molecule has 0 amide bonds. The molecule has 1 aliphatic rings. The Morgan fingerprint density at radius 2 is 2.07 bits per heavy atom. The van der Waals surface area contributed by atoms with Crippen LogP contribution in [0.25, 0.3) is 0 Å². The number of benzene rings is 1. The van der Waals surface area contributed by atoms with Crippen LogP contribution in [0.4, 0.5) is 4.39 Å². The predicted octanol–water partition coefficient (Wildman–Crippen LogP) is 5.14. The maximum absolute atomic E-state index is 13.8. The molecule has 0 saturated carbocycles. The first-order chi connectivity index (χ1) is 13.2. The maximum atomic E-state index is 13.8. The first kappa shape index (κ1) is 21.5. The van der Waals surface area contributed by atoms with Crippen LogP contribution in [-0.4, -0.2) is 25.8 Å². The summed E-state index contributed by atoms with van der Waals surface area (Å²) < 4.78 is 42.0. The van der Waals surface area contributed by atoms with Crippen LogP contribution in [-0.2, 0) is 18.6 Å². The molecule has 1 aliphatic heterocycles. The first-order valence-electron chi connectivity index (χ1n) is 8.56. The Balaban J connectivity index is 1.69. The van der Waals surface area contributed by atoms with E-state index in [1.807, 2.05) is 13.8 Å². The van der Waals surface area contributed by atoms with E-state index in [0.717, 1.165) is 6.07 Å². The molecule has 10 heteroatoms. The summed E-state index contributed by atoms with van der Waals surface area (Å²) in [6, 6.07) is 7.28. The second kappa shape index (κ2) is 8.64. The van der Waals surface area contributed by atoms with Crippen molar-refractivity contribution in [3.63, 3.8) is 0 Å². The number of rotatable bonds is 6. The van der Waals surface area contributed by atoms with Crippen LogP contribution in [0.15, 0.2) is 41.0 Å². The van der Waals surface area contributed by atoms with Gasteiger partial charge < -0.3 is 0 Å². The van der Waals surface area contributed by atoms with Crippen LogP contribution in [0, 0.1) is 11.2 Å². The summed E-state index contributed by atoms with van der Waals surface area (Å²) in [4.78, 5) is 12.4. The minimum absolute atomic E-state index is 0.0966. The summed E-state index contributed by atoms with van der Waals surface area (Å²) >= 11 is 5.70. The number of carbonyl (C=O) groups is 1. The van der Waals surface area contributed by atoms with Gasteiger partial charge in [-0.1, -0.05) is 0 Å². The number of hydrogen-bond donors (Lipinski definition) is 0. The summed E-state index contributed by atoms with van der Waals surface area (Å²) in [5, 5.41) is 0.232. The number of furan rings is 1. The van der Waals surface area contributed by atoms with E-state index in [1.165, 1.54) is 18.4 Å². The molecule has 0 radical (unpaired) electrons. The Morgan fingerprint density at radius 3 is 2.68 bits per heavy atom. The molecule has 1 aromatic heterocycles. The fourth-order valence-electron chi connectivity index (χ4n) is 2.52. The van der Waals surface area contributed by atoms with E-state index in [-0.39, 0.29) is 16.2 Å². The van der Waals surface area contributed by atoms with Crippen molar-refractivity contribution in [2.75, 3.05) is 19.8 Å². The number of carbonyl (C=O) groups excluding carboxylic acids is 1. The third-order valence-electron chi connectivity index (χ3n) is 4.03. The monoisotopic (exact) mass is 450 g/mol. The molecule has 1 saturated heterocycles. The zero-order valence-electron chi connectivity index (χ0n) is 15.4.